The molecule has 218 valence electrons. The normalized spacial score (nSPS) is 20.0. The number of allylic oxidation sites excluding steroid dienone is 1. The van der Waals surface area contributed by atoms with Crippen molar-refractivity contribution in [2.75, 3.05) is 6.54 Å². The summed E-state index contributed by atoms with van der Waals surface area (Å²) in [5.41, 5.74) is 1.40. The fraction of sp³-hybridized carbons (Fsp3) is 0.567. The third kappa shape index (κ3) is 9.50. The topological polar surface area (TPSA) is 143 Å². The van der Waals surface area contributed by atoms with Crippen LogP contribution < -0.4 is 21.3 Å². The van der Waals surface area contributed by atoms with Gasteiger partial charge in [0.1, 0.15) is 25.0 Å². The highest BCUT2D eigenvalue weighted by atomic mass is 16.5. The molecule has 2 fully saturated rings. The first kappa shape index (κ1) is 30.8. The van der Waals surface area contributed by atoms with Gasteiger partial charge in [-0.25, -0.2) is 4.79 Å². The smallest absolute Gasteiger partial charge is 0.408 e. The highest BCUT2D eigenvalue weighted by molar-refractivity contribution is 5.93. The van der Waals surface area contributed by atoms with Gasteiger partial charge in [-0.3, -0.25) is 14.4 Å². The largest absolute Gasteiger partial charge is 0.445 e. The predicted octanol–water partition coefficient (Wildman–Crippen LogP) is 2.91. The Labute approximate surface area is 236 Å². The lowest BCUT2D eigenvalue weighted by Crippen LogP contribution is -2.56. The van der Waals surface area contributed by atoms with E-state index in [1.54, 1.807) is 19.9 Å². The summed E-state index contributed by atoms with van der Waals surface area (Å²) in [6, 6.07) is 6.42. The number of benzene rings is 1. The number of hydrogen-bond acceptors (Lipinski definition) is 6. The molecule has 1 aliphatic heterocycles. The van der Waals surface area contributed by atoms with Crippen molar-refractivity contribution in [2.24, 2.45) is 11.8 Å². The van der Waals surface area contributed by atoms with Crippen LogP contribution in [0.5, 0.6) is 0 Å². The number of alkyl carbamates (subject to hydrolysis) is 1. The standard InChI is InChI=1S/C30H42N4O6/c1-3-20(2)26(34-30(39)40-19-22-12-8-5-9-13-22)29(38)33-25(16-21-10-6-4-7-11-21)28(37)32-24(18-35)17-23-14-15-31-27(23)36/h3,5,8-9,12-13,18,21,23-26H,4,6-7,10-11,14-17,19H2,1-2H3,(H,31,36)(H,32,37)(H,33,38)(H,34,39)/b20-3-/t23-,24-,25-,26-/m0/s1. The second kappa shape index (κ2) is 15.8. The zero-order valence-corrected chi connectivity index (χ0v) is 23.4. The maximum absolute atomic E-state index is 13.5. The molecule has 1 saturated heterocycles. The first-order valence-electron chi connectivity index (χ1n) is 14.2. The van der Waals surface area contributed by atoms with Crippen molar-refractivity contribution in [3.63, 3.8) is 0 Å². The lowest BCUT2D eigenvalue weighted by Gasteiger charge is -2.29. The summed E-state index contributed by atoms with van der Waals surface area (Å²) in [6.45, 7) is 4.07. The summed E-state index contributed by atoms with van der Waals surface area (Å²) < 4.78 is 5.31. The van der Waals surface area contributed by atoms with Crippen molar-refractivity contribution in [3.05, 3.63) is 47.5 Å². The van der Waals surface area contributed by atoms with Crippen LogP contribution in [0.15, 0.2) is 42.0 Å². The molecule has 1 heterocycles. The second-order valence-corrected chi connectivity index (χ2v) is 10.7. The number of hydrogen-bond donors (Lipinski definition) is 4. The maximum atomic E-state index is 13.5. The Kier molecular flexibility index (Phi) is 12.2. The van der Waals surface area contributed by atoms with E-state index in [1.165, 1.54) is 0 Å². The van der Waals surface area contributed by atoms with Crippen molar-refractivity contribution < 1.29 is 28.7 Å². The van der Waals surface area contributed by atoms with E-state index in [0.29, 0.717) is 31.2 Å². The van der Waals surface area contributed by atoms with Crippen LogP contribution in [0.2, 0.25) is 0 Å². The van der Waals surface area contributed by atoms with Crippen LogP contribution in [0.3, 0.4) is 0 Å². The summed E-state index contributed by atoms with van der Waals surface area (Å²) >= 11 is 0. The van der Waals surface area contributed by atoms with Gasteiger partial charge in [-0.2, -0.15) is 0 Å². The van der Waals surface area contributed by atoms with Gasteiger partial charge in [-0.1, -0.05) is 68.5 Å². The zero-order valence-electron chi connectivity index (χ0n) is 23.4. The Hall–Kier alpha value is -3.69. The molecule has 1 aromatic rings. The lowest BCUT2D eigenvalue weighted by molar-refractivity contribution is -0.131. The third-order valence-corrected chi connectivity index (χ3v) is 7.77. The van der Waals surface area contributed by atoms with Gasteiger partial charge < -0.3 is 30.8 Å². The summed E-state index contributed by atoms with van der Waals surface area (Å²) in [5, 5.41) is 10.9. The van der Waals surface area contributed by atoms with Gasteiger partial charge in [0.2, 0.25) is 17.7 Å². The van der Waals surface area contributed by atoms with Gasteiger partial charge in [0, 0.05) is 12.5 Å². The predicted molar refractivity (Wildman–Crippen MR) is 150 cm³/mol. The first-order chi connectivity index (χ1) is 19.3. The minimum atomic E-state index is -1.04. The van der Waals surface area contributed by atoms with Gasteiger partial charge >= 0.3 is 6.09 Å². The molecule has 2 aliphatic rings. The van der Waals surface area contributed by atoms with E-state index in [9.17, 15) is 24.0 Å². The van der Waals surface area contributed by atoms with Crippen molar-refractivity contribution in [1.29, 1.82) is 0 Å². The molecular formula is C30H42N4O6. The van der Waals surface area contributed by atoms with Crippen molar-refractivity contribution in [1.82, 2.24) is 21.3 Å². The monoisotopic (exact) mass is 554 g/mol. The van der Waals surface area contributed by atoms with Crippen LogP contribution in [0.1, 0.15) is 70.8 Å². The Morgan fingerprint density at radius 2 is 1.73 bits per heavy atom. The molecule has 4 amide bonds. The van der Waals surface area contributed by atoms with Gasteiger partial charge in [0.05, 0.1) is 6.04 Å². The van der Waals surface area contributed by atoms with Crippen LogP contribution in [-0.4, -0.2) is 54.8 Å². The van der Waals surface area contributed by atoms with Crippen LogP contribution in [-0.2, 0) is 30.5 Å². The zero-order chi connectivity index (χ0) is 28.9. The molecule has 1 saturated carbocycles. The maximum Gasteiger partial charge on any atom is 0.408 e. The average molecular weight is 555 g/mol. The Bertz CT molecular complexity index is 1050. The molecule has 0 spiro atoms. The van der Waals surface area contributed by atoms with E-state index < -0.39 is 36.0 Å². The molecule has 1 aromatic carbocycles. The second-order valence-electron chi connectivity index (χ2n) is 10.7. The number of carbonyl (C=O) groups is 5. The van der Waals surface area contributed by atoms with Gasteiger partial charge in [-0.05, 0) is 50.2 Å². The Morgan fingerprint density at radius 1 is 1.00 bits per heavy atom. The molecule has 0 radical (unpaired) electrons. The van der Waals surface area contributed by atoms with E-state index in [-0.39, 0.29) is 30.8 Å². The minimum absolute atomic E-state index is 0.0503. The molecule has 3 rings (SSSR count). The highest BCUT2D eigenvalue weighted by Crippen LogP contribution is 2.27. The molecule has 0 aromatic heterocycles. The molecule has 0 bridgehead atoms. The van der Waals surface area contributed by atoms with Crippen LogP contribution in [0.25, 0.3) is 0 Å². The summed E-state index contributed by atoms with van der Waals surface area (Å²) in [6.07, 6.45) is 8.03. The molecule has 10 nitrogen and oxygen atoms in total. The fourth-order valence-corrected chi connectivity index (χ4v) is 5.29. The van der Waals surface area contributed by atoms with E-state index in [4.69, 9.17) is 4.74 Å². The highest BCUT2D eigenvalue weighted by Gasteiger charge is 2.33. The number of carbonyl (C=O) groups excluding carboxylic acids is 5. The number of rotatable bonds is 13. The van der Waals surface area contributed by atoms with E-state index in [2.05, 4.69) is 21.3 Å². The van der Waals surface area contributed by atoms with E-state index >= 15 is 0 Å². The van der Waals surface area contributed by atoms with Crippen molar-refractivity contribution in [2.45, 2.75) is 89.9 Å². The number of ether oxygens (including phenoxy) is 1. The first-order valence-corrected chi connectivity index (χ1v) is 14.2. The quantitative estimate of drug-likeness (QED) is 0.218. The molecule has 0 unspecified atom stereocenters. The lowest BCUT2D eigenvalue weighted by atomic mass is 9.84. The van der Waals surface area contributed by atoms with E-state index in [1.807, 2.05) is 30.3 Å². The average Bonchev–Trinajstić information content (AvgIpc) is 3.38. The SMILES string of the molecule is C/C=C(/C)[C@H](NC(=O)OCc1ccccc1)C(=O)N[C@@H](CC1CCCCC1)C(=O)N[C@H](C=O)C[C@@H]1CCNC1=O. The van der Waals surface area contributed by atoms with Gasteiger partial charge in [0.15, 0.2) is 0 Å². The van der Waals surface area contributed by atoms with Crippen molar-refractivity contribution >= 4 is 30.1 Å². The van der Waals surface area contributed by atoms with E-state index in [0.717, 1.165) is 37.7 Å². The minimum Gasteiger partial charge on any atom is -0.445 e. The fourth-order valence-electron chi connectivity index (χ4n) is 5.29. The van der Waals surface area contributed by atoms with Gasteiger partial charge in [0.25, 0.3) is 0 Å². The molecule has 4 atom stereocenters. The summed E-state index contributed by atoms with van der Waals surface area (Å²) in [4.78, 5) is 63.2. The molecule has 1 aliphatic carbocycles. The molecular weight excluding hydrogens is 512 g/mol. The number of aldehydes is 1. The van der Waals surface area contributed by atoms with Crippen LogP contribution >= 0.6 is 0 Å². The third-order valence-electron chi connectivity index (χ3n) is 7.77. The molecule has 40 heavy (non-hydrogen) atoms. The number of nitrogens with one attached hydrogen (secondary N) is 4. The molecule has 4 N–H and O–H groups in total. The van der Waals surface area contributed by atoms with Crippen molar-refractivity contribution in [3.8, 4) is 0 Å². The number of amides is 4. The Morgan fingerprint density at radius 3 is 2.35 bits per heavy atom. The van der Waals surface area contributed by atoms with Gasteiger partial charge in [-0.15, -0.1) is 0 Å². The summed E-state index contributed by atoms with van der Waals surface area (Å²) in [7, 11) is 0. The molecule has 10 heteroatoms. The van der Waals surface area contributed by atoms with Crippen LogP contribution in [0, 0.1) is 11.8 Å². The Balaban J connectivity index is 1.68. The summed E-state index contributed by atoms with van der Waals surface area (Å²) in [5.74, 6) is -1.22. The van der Waals surface area contributed by atoms with Crippen LogP contribution in [0.4, 0.5) is 4.79 Å².